The third kappa shape index (κ3) is 4.62. The fraction of sp³-hybridized carbons (Fsp3) is 0.0800. The molecule has 3 aromatic rings. The molecule has 0 radical (unpaired) electrons. The largest absolute Gasteiger partial charge is 0.349 e. The summed E-state index contributed by atoms with van der Waals surface area (Å²) in [5.74, 6) is -1.54. The quantitative estimate of drug-likeness (QED) is 0.463. The Morgan fingerprint density at radius 3 is 2.30 bits per heavy atom. The van der Waals surface area contributed by atoms with Crippen LogP contribution >= 0.6 is 23.2 Å². The van der Waals surface area contributed by atoms with Gasteiger partial charge in [0.1, 0.15) is 10.7 Å². The number of anilines is 3. The Kier molecular flexibility index (Phi) is 6.22. The Bertz CT molecular complexity index is 1320. The zero-order valence-electron chi connectivity index (χ0n) is 17.8. The third-order valence-electron chi connectivity index (χ3n) is 5.15. The van der Waals surface area contributed by atoms with Gasteiger partial charge in [0.05, 0.1) is 5.69 Å². The highest BCUT2D eigenvalue weighted by molar-refractivity contribution is 6.53. The van der Waals surface area contributed by atoms with Crippen molar-refractivity contribution >= 4 is 58.0 Å². The molecule has 1 aliphatic rings. The summed E-state index contributed by atoms with van der Waals surface area (Å²) in [6, 6.07) is 18.8. The monoisotopic (exact) mass is 479 g/mol. The minimum atomic E-state index is -0.641. The number of hydrogen-bond donors (Lipinski definition) is 2. The maximum absolute atomic E-state index is 13.0. The SMILES string of the molecule is Cc1cccc(NC(=O)c2ccc(C)c(NC3=C(Cl)C(=O)N(c4ccc(Cl)cc4)C3=O)c2)c1. The molecule has 0 unspecified atom stereocenters. The molecule has 3 amide bonds. The van der Waals surface area contributed by atoms with Gasteiger partial charge in [-0.1, -0.05) is 41.4 Å². The third-order valence-corrected chi connectivity index (χ3v) is 5.75. The van der Waals surface area contributed by atoms with Gasteiger partial charge in [0.25, 0.3) is 17.7 Å². The number of aryl methyl sites for hydroxylation is 2. The Morgan fingerprint density at radius 1 is 0.879 bits per heavy atom. The zero-order valence-corrected chi connectivity index (χ0v) is 19.3. The minimum Gasteiger partial charge on any atom is -0.349 e. The second-order valence-electron chi connectivity index (χ2n) is 7.59. The lowest BCUT2D eigenvalue weighted by molar-refractivity contribution is -0.120. The van der Waals surface area contributed by atoms with E-state index in [1.54, 1.807) is 48.5 Å². The van der Waals surface area contributed by atoms with Crippen LogP contribution in [0.3, 0.4) is 0 Å². The molecule has 2 N–H and O–H groups in total. The highest BCUT2D eigenvalue weighted by Crippen LogP contribution is 2.31. The van der Waals surface area contributed by atoms with Gasteiger partial charge in [-0.15, -0.1) is 0 Å². The van der Waals surface area contributed by atoms with Crippen molar-refractivity contribution in [1.82, 2.24) is 0 Å². The fourth-order valence-electron chi connectivity index (χ4n) is 3.39. The molecule has 0 saturated heterocycles. The predicted molar refractivity (Wildman–Crippen MR) is 131 cm³/mol. The number of hydrogen-bond acceptors (Lipinski definition) is 4. The van der Waals surface area contributed by atoms with E-state index in [0.29, 0.717) is 27.6 Å². The van der Waals surface area contributed by atoms with Gasteiger partial charge in [-0.2, -0.15) is 0 Å². The maximum atomic E-state index is 13.0. The van der Waals surface area contributed by atoms with Crippen LogP contribution < -0.4 is 15.5 Å². The first kappa shape index (κ1) is 22.6. The van der Waals surface area contributed by atoms with Crippen molar-refractivity contribution in [2.24, 2.45) is 0 Å². The molecular formula is C25H19Cl2N3O3. The number of amides is 3. The molecule has 0 atom stereocenters. The molecule has 8 heteroatoms. The molecule has 33 heavy (non-hydrogen) atoms. The molecule has 3 aromatic carbocycles. The Hall–Kier alpha value is -3.61. The summed E-state index contributed by atoms with van der Waals surface area (Å²) >= 11 is 12.1. The van der Waals surface area contributed by atoms with Crippen LogP contribution in [0, 0.1) is 13.8 Å². The van der Waals surface area contributed by atoms with Crippen LogP contribution in [0.15, 0.2) is 77.5 Å². The summed E-state index contributed by atoms with van der Waals surface area (Å²) < 4.78 is 0. The van der Waals surface area contributed by atoms with E-state index in [-0.39, 0.29) is 16.6 Å². The predicted octanol–water partition coefficient (Wildman–Crippen LogP) is 5.64. The Balaban J connectivity index is 1.58. The second-order valence-corrected chi connectivity index (χ2v) is 8.40. The first-order chi connectivity index (χ1) is 15.7. The number of rotatable bonds is 5. The molecule has 4 rings (SSSR count). The van der Waals surface area contributed by atoms with Crippen molar-refractivity contribution in [3.05, 3.63) is 99.2 Å². The number of nitrogens with one attached hydrogen (secondary N) is 2. The zero-order chi connectivity index (χ0) is 23.7. The van der Waals surface area contributed by atoms with Crippen LogP contribution in [0.4, 0.5) is 17.1 Å². The molecule has 166 valence electrons. The summed E-state index contributed by atoms with van der Waals surface area (Å²) in [6.45, 7) is 3.76. The molecule has 0 fully saturated rings. The number of halogens is 2. The molecule has 1 heterocycles. The van der Waals surface area contributed by atoms with Crippen LogP contribution in [0.25, 0.3) is 0 Å². The average Bonchev–Trinajstić information content (AvgIpc) is 2.99. The number of benzene rings is 3. The fourth-order valence-corrected chi connectivity index (χ4v) is 3.73. The van der Waals surface area contributed by atoms with Gasteiger partial charge in [0.2, 0.25) is 0 Å². The van der Waals surface area contributed by atoms with Crippen molar-refractivity contribution < 1.29 is 14.4 Å². The van der Waals surface area contributed by atoms with E-state index in [0.717, 1.165) is 16.0 Å². The van der Waals surface area contributed by atoms with Gasteiger partial charge in [0, 0.05) is 22.0 Å². The first-order valence-corrected chi connectivity index (χ1v) is 10.8. The summed E-state index contributed by atoms with van der Waals surface area (Å²) in [4.78, 5) is 39.4. The van der Waals surface area contributed by atoms with E-state index in [1.807, 2.05) is 32.0 Å². The minimum absolute atomic E-state index is 0.0593. The van der Waals surface area contributed by atoms with Crippen LogP contribution in [0.2, 0.25) is 5.02 Å². The standard InChI is InChI=1S/C25H19Cl2N3O3/c1-14-4-3-5-18(12-14)28-23(31)16-7-6-15(2)20(13-16)29-22-21(27)24(32)30(25(22)33)19-10-8-17(26)9-11-19/h3-13,29H,1-2H3,(H,28,31). The van der Waals surface area contributed by atoms with E-state index in [9.17, 15) is 14.4 Å². The van der Waals surface area contributed by atoms with Crippen LogP contribution in [0.1, 0.15) is 21.5 Å². The average molecular weight is 480 g/mol. The van der Waals surface area contributed by atoms with E-state index >= 15 is 0 Å². The maximum Gasteiger partial charge on any atom is 0.283 e. The Labute approximate surface area is 200 Å². The van der Waals surface area contributed by atoms with Gasteiger partial charge >= 0.3 is 0 Å². The number of imide groups is 1. The van der Waals surface area contributed by atoms with Crippen LogP contribution in [0.5, 0.6) is 0 Å². The summed E-state index contributed by atoms with van der Waals surface area (Å²) in [6.07, 6.45) is 0. The van der Waals surface area contributed by atoms with Gasteiger partial charge < -0.3 is 10.6 Å². The normalized spacial score (nSPS) is 13.5. The van der Waals surface area contributed by atoms with Gasteiger partial charge in [0.15, 0.2) is 0 Å². The molecule has 0 saturated carbocycles. The summed E-state index contributed by atoms with van der Waals surface area (Å²) in [7, 11) is 0. The molecule has 0 aliphatic carbocycles. The van der Waals surface area contributed by atoms with Crippen molar-refractivity contribution in [2.45, 2.75) is 13.8 Å². The first-order valence-electron chi connectivity index (χ1n) is 10.0. The molecular weight excluding hydrogens is 461 g/mol. The van der Waals surface area contributed by atoms with E-state index in [4.69, 9.17) is 23.2 Å². The molecule has 6 nitrogen and oxygen atoms in total. The van der Waals surface area contributed by atoms with Gasteiger partial charge in [-0.05, 0) is 73.5 Å². The number of carbonyl (C=O) groups is 3. The molecule has 0 bridgehead atoms. The van der Waals surface area contributed by atoms with E-state index in [1.165, 1.54) is 0 Å². The lowest BCUT2D eigenvalue weighted by Gasteiger charge is -2.16. The summed E-state index contributed by atoms with van der Waals surface area (Å²) in [5.41, 5.74) is 3.63. The lowest BCUT2D eigenvalue weighted by Crippen LogP contribution is -2.32. The molecule has 0 spiro atoms. The van der Waals surface area contributed by atoms with Gasteiger partial charge in [-0.3, -0.25) is 14.4 Å². The van der Waals surface area contributed by atoms with E-state index in [2.05, 4.69) is 10.6 Å². The molecule has 0 aromatic heterocycles. The van der Waals surface area contributed by atoms with E-state index < -0.39 is 11.8 Å². The summed E-state index contributed by atoms with van der Waals surface area (Å²) in [5, 5.41) is 6.05. The topological polar surface area (TPSA) is 78.5 Å². The van der Waals surface area contributed by atoms with Crippen LogP contribution in [-0.4, -0.2) is 17.7 Å². The second kappa shape index (κ2) is 9.10. The molecule has 1 aliphatic heterocycles. The van der Waals surface area contributed by atoms with Crippen molar-refractivity contribution in [3.63, 3.8) is 0 Å². The van der Waals surface area contributed by atoms with Crippen molar-refractivity contribution in [2.75, 3.05) is 15.5 Å². The lowest BCUT2D eigenvalue weighted by atomic mass is 10.1. The Morgan fingerprint density at radius 2 is 1.61 bits per heavy atom. The smallest absolute Gasteiger partial charge is 0.283 e. The van der Waals surface area contributed by atoms with Gasteiger partial charge in [-0.25, -0.2) is 4.90 Å². The number of nitrogens with zero attached hydrogens (tertiary/aromatic N) is 1. The highest BCUT2D eigenvalue weighted by Gasteiger charge is 2.39. The number of carbonyl (C=O) groups excluding carboxylic acids is 3. The van der Waals surface area contributed by atoms with Crippen molar-refractivity contribution in [3.8, 4) is 0 Å². The van der Waals surface area contributed by atoms with Crippen molar-refractivity contribution in [1.29, 1.82) is 0 Å². The van der Waals surface area contributed by atoms with Crippen LogP contribution in [-0.2, 0) is 9.59 Å². The highest BCUT2D eigenvalue weighted by atomic mass is 35.5.